The Balaban J connectivity index is 2.33. The van der Waals surface area contributed by atoms with Crippen molar-refractivity contribution in [1.29, 1.82) is 0 Å². The van der Waals surface area contributed by atoms with Crippen LogP contribution in [0.25, 0.3) is 11.3 Å². The van der Waals surface area contributed by atoms with Gasteiger partial charge in [0.25, 0.3) is 0 Å². The third kappa shape index (κ3) is 2.46. The summed E-state index contributed by atoms with van der Waals surface area (Å²) in [5.41, 5.74) is 8.87. The minimum atomic E-state index is 0.551. The molecule has 0 spiro atoms. The number of nitrogen functional groups attached to an aromatic ring is 1. The summed E-state index contributed by atoms with van der Waals surface area (Å²) in [5, 5.41) is 0. The first kappa shape index (κ1) is 11.6. The van der Waals surface area contributed by atoms with Crippen molar-refractivity contribution in [2.24, 2.45) is 5.92 Å². The van der Waals surface area contributed by atoms with E-state index in [-0.39, 0.29) is 0 Å². The van der Waals surface area contributed by atoms with Crippen LogP contribution in [0.4, 0.5) is 5.82 Å². The largest absolute Gasteiger partial charge is 0.383 e. The average Bonchev–Trinajstić information content (AvgIpc) is 2.61. The third-order valence-corrected chi connectivity index (χ3v) is 2.62. The van der Waals surface area contributed by atoms with Crippen molar-refractivity contribution in [2.45, 2.75) is 27.3 Å². The zero-order chi connectivity index (χ0) is 12.4. The SMILES string of the molecule is Cc1ccc(-c2ncn(CC(C)C)c2N)cn1. The molecule has 0 unspecified atom stereocenters. The van der Waals surface area contributed by atoms with Gasteiger partial charge in [0.15, 0.2) is 0 Å². The molecule has 0 aromatic carbocycles. The normalized spacial score (nSPS) is 11.1. The molecule has 0 atom stereocenters. The summed E-state index contributed by atoms with van der Waals surface area (Å²) in [6.07, 6.45) is 3.61. The number of rotatable bonds is 3. The molecule has 0 aliphatic rings. The number of nitrogens with two attached hydrogens (primary N) is 1. The second-order valence-electron chi connectivity index (χ2n) is 4.71. The van der Waals surface area contributed by atoms with Crippen LogP contribution in [-0.4, -0.2) is 14.5 Å². The second kappa shape index (κ2) is 4.57. The molecule has 0 radical (unpaired) electrons. The van der Waals surface area contributed by atoms with Crippen molar-refractivity contribution in [3.05, 3.63) is 30.4 Å². The maximum atomic E-state index is 6.09. The van der Waals surface area contributed by atoms with Gasteiger partial charge in [-0.05, 0) is 25.0 Å². The lowest BCUT2D eigenvalue weighted by atomic mass is 10.2. The molecule has 0 amide bonds. The number of aromatic nitrogens is 3. The Morgan fingerprint density at radius 1 is 1.29 bits per heavy atom. The Morgan fingerprint density at radius 2 is 2.06 bits per heavy atom. The van der Waals surface area contributed by atoms with Crippen LogP contribution in [0.5, 0.6) is 0 Å². The van der Waals surface area contributed by atoms with Crippen LogP contribution in [0.1, 0.15) is 19.5 Å². The monoisotopic (exact) mass is 230 g/mol. The quantitative estimate of drug-likeness (QED) is 0.881. The van der Waals surface area contributed by atoms with Gasteiger partial charge in [-0.1, -0.05) is 13.8 Å². The summed E-state index contributed by atoms with van der Waals surface area (Å²) in [5.74, 6) is 1.26. The van der Waals surface area contributed by atoms with Crippen molar-refractivity contribution >= 4 is 5.82 Å². The van der Waals surface area contributed by atoms with Crippen molar-refractivity contribution < 1.29 is 0 Å². The smallest absolute Gasteiger partial charge is 0.131 e. The van der Waals surface area contributed by atoms with E-state index in [1.807, 2.05) is 29.8 Å². The molecule has 2 aromatic heterocycles. The molecule has 90 valence electrons. The van der Waals surface area contributed by atoms with Gasteiger partial charge in [0.1, 0.15) is 11.5 Å². The molecule has 0 bridgehead atoms. The molecule has 0 saturated heterocycles. The van der Waals surface area contributed by atoms with E-state index in [1.165, 1.54) is 0 Å². The van der Waals surface area contributed by atoms with Gasteiger partial charge in [-0.25, -0.2) is 4.98 Å². The van der Waals surface area contributed by atoms with Crippen LogP contribution in [0.15, 0.2) is 24.7 Å². The molecule has 4 nitrogen and oxygen atoms in total. The zero-order valence-electron chi connectivity index (χ0n) is 10.5. The van der Waals surface area contributed by atoms with Gasteiger partial charge in [0.05, 0.1) is 6.33 Å². The number of anilines is 1. The molecule has 2 rings (SSSR count). The van der Waals surface area contributed by atoms with E-state index in [1.54, 1.807) is 6.33 Å². The minimum absolute atomic E-state index is 0.551. The lowest BCUT2D eigenvalue weighted by Gasteiger charge is -2.08. The van der Waals surface area contributed by atoms with Gasteiger partial charge in [-0.2, -0.15) is 0 Å². The maximum Gasteiger partial charge on any atom is 0.131 e. The third-order valence-electron chi connectivity index (χ3n) is 2.62. The highest BCUT2D eigenvalue weighted by atomic mass is 15.1. The highest BCUT2D eigenvalue weighted by Crippen LogP contribution is 2.24. The molecule has 0 aliphatic heterocycles. The first-order valence-electron chi connectivity index (χ1n) is 5.81. The Kier molecular flexibility index (Phi) is 3.13. The fourth-order valence-corrected chi connectivity index (χ4v) is 1.76. The van der Waals surface area contributed by atoms with Crippen LogP contribution in [-0.2, 0) is 6.54 Å². The molecular weight excluding hydrogens is 212 g/mol. The fraction of sp³-hybridized carbons (Fsp3) is 0.385. The second-order valence-corrected chi connectivity index (χ2v) is 4.71. The van der Waals surface area contributed by atoms with Crippen LogP contribution in [0.3, 0.4) is 0 Å². The van der Waals surface area contributed by atoms with E-state index in [2.05, 4.69) is 23.8 Å². The van der Waals surface area contributed by atoms with Crippen molar-refractivity contribution in [1.82, 2.24) is 14.5 Å². The molecule has 0 saturated carbocycles. The number of imidazole rings is 1. The van der Waals surface area contributed by atoms with Crippen molar-refractivity contribution in [3.8, 4) is 11.3 Å². The van der Waals surface area contributed by atoms with Gasteiger partial charge < -0.3 is 10.3 Å². The predicted octanol–water partition coefficient (Wildman–Crippen LogP) is 2.49. The lowest BCUT2D eigenvalue weighted by Crippen LogP contribution is -2.06. The Hall–Kier alpha value is -1.84. The predicted molar refractivity (Wildman–Crippen MR) is 69.4 cm³/mol. The van der Waals surface area contributed by atoms with Crippen LogP contribution >= 0.6 is 0 Å². The van der Waals surface area contributed by atoms with Gasteiger partial charge in [0.2, 0.25) is 0 Å². The summed E-state index contributed by atoms with van der Waals surface area (Å²) in [7, 11) is 0. The van der Waals surface area contributed by atoms with Gasteiger partial charge in [-0.15, -0.1) is 0 Å². The molecule has 2 aromatic rings. The van der Waals surface area contributed by atoms with Gasteiger partial charge >= 0.3 is 0 Å². The number of aryl methyl sites for hydroxylation is 1. The van der Waals surface area contributed by atoms with E-state index in [9.17, 15) is 0 Å². The molecular formula is C13H18N4. The number of hydrogen-bond acceptors (Lipinski definition) is 3. The lowest BCUT2D eigenvalue weighted by molar-refractivity contribution is 0.527. The minimum Gasteiger partial charge on any atom is -0.383 e. The zero-order valence-corrected chi connectivity index (χ0v) is 10.5. The first-order chi connectivity index (χ1) is 8.08. The summed E-state index contributed by atoms with van der Waals surface area (Å²) >= 11 is 0. The van der Waals surface area contributed by atoms with Crippen molar-refractivity contribution in [3.63, 3.8) is 0 Å². The van der Waals surface area contributed by atoms with Gasteiger partial charge in [0, 0.05) is 24.0 Å². The summed E-state index contributed by atoms with van der Waals surface area (Å²) in [6, 6.07) is 3.97. The number of pyridine rings is 1. The van der Waals surface area contributed by atoms with Crippen LogP contribution in [0, 0.1) is 12.8 Å². The maximum absolute atomic E-state index is 6.09. The number of hydrogen-bond donors (Lipinski definition) is 1. The highest BCUT2D eigenvalue weighted by molar-refractivity contribution is 5.69. The molecule has 0 aliphatic carbocycles. The van der Waals surface area contributed by atoms with E-state index in [4.69, 9.17) is 5.73 Å². The average molecular weight is 230 g/mol. The number of nitrogens with zero attached hydrogens (tertiary/aromatic N) is 3. The fourth-order valence-electron chi connectivity index (χ4n) is 1.76. The molecule has 4 heteroatoms. The van der Waals surface area contributed by atoms with E-state index >= 15 is 0 Å². The first-order valence-corrected chi connectivity index (χ1v) is 5.81. The Morgan fingerprint density at radius 3 is 2.65 bits per heavy atom. The molecule has 2 N–H and O–H groups in total. The van der Waals surface area contributed by atoms with Crippen LogP contribution < -0.4 is 5.73 Å². The standard InChI is InChI=1S/C13H18N4/c1-9(2)7-17-8-16-12(13(17)14)11-5-4-10(3)15-6-11/h4-6,8-9H,7,14H2,1-3H3. The summed E-state index contributed by atoms with van der Waals surface area (Å²) in [4.78, 5) is 8.63. The topological polar surface area (TPSA) is 56.7 Å². The highest BCUT2D eigenvalue weighted by Gasteiger charge is 2.10. The summed E-state index contributed by atoms with van der Waals surface area (Å²) in [6.45, 7) is 7.17. The van der Waals surface area contributed by atoms with E-state index < -0.39 is 0 Å². The molecule has 2 heterocycles. The van der Waals surface area contributed by atoms with Crippen LogP contribution in [0.2, 0.25) is 0 Å². The molecule has 17 heavy (non-hydrogen) atoms. The Bertz CT molecular complexity index is 497. The van der Waals surface area contributed by atoms with E-state index in [0.717, 1.165) is 23.5 Å². The molecule has 0 fully saturated rings. The van der Waals surface area contributed by atoms with Crippen molar-refractivity contribution in [2.75, 3.05) is 5.73 Å². The van der Waals surface area contributed by atoms with Gasteiger partial charge in [-0.3, -0.25) is 4.98 Å². The Labute approximate surface area is 102 Å². The van der Waals surface area contributed by atoms with E-state index in [0.29, 0.717) is 11.7 Å². The summed E-state index contributed by atoms with van der Waals surface area (Å²) < 4.78 is 1.99.